The topological polar surface area (TPSA) is 104 Å². The van der Waals surface area contributed by atoms with E-state index in [1.54, 1.807) is 0 Å². The number of rotatable bonds is 8. The average molecular weight is 343 g/mol. The van der Waals surface area contributed by atoms with Crippen molar-refractivity contribution in [3.63, 3.8) is 0 Å². The van der Waals surface area contributed by atoms with Crippen LogP contribution in [0.1, 0.15) is 44.4 Å². The van der Waals surface area contributed by atoms with Crippen LogP contribution in [0.25, 0.3) is 0 Å². The molecule has 1 aromatic rings. The Balaban J connectivity index is 3.30. The first-order valence-electron chi connectivity index (χ1n) is 7.69. The Morgan fingerprint density at radius 1 is 1.13 bits per heavy atom. The van der Waals surface area contributed by atoms with Gasteiger partial charge in [-0.15, -0.1) is 0 Å². The third-order valence-corrected chi connectivity index (χ3v) is 5.39. The number of benzene rings is 1. The number of nitrogens with one attached hydrogen (secondary N) is 1. The highest BCUT2D eigenvalue weighted by Crippen LogP contribution is 2.25. The van der Waals surface area contributed by atoms with Crippen LogP contribution in [0.3, 0.4) is 0 Å². The van der Waals surface area contributed by atoms with Gasteiger partial charge in [0.05, 0.1) is 11.4 Å². The lowest BCUT2D eigenvalue weighted by atomic mass is 10.0. The van der Waals surface area contributed by atoms with E-state index >= 15 is 0 Å². The molecule has 0 heterocycles. The summed E-state index contributed by atoms with van der Waals surface area (Å²) in [6.07, 6.45) is 1.90. The molecular formula is C16H25NO5S. The molecule has 0 saturated carbocycles. The van der Waals surface area contributed by atoms with Crippen molar-refractivity contribution in [2.24, 2.45) is 0 Å². The maximum absolute atomic E-state index is 12.6. The Hall–Kier alpha value is -1.44. The molecular weight excluding hydrogens is 318 g/mol. The first-order chi connectivity index (χ1) is 10.6. The maximum atomic E-state index is 12.6. The van der Waals surface area contributed by atoms with Gasteiger partial charge in [0, 0.05) is 0 Å². The van der Waals surface area contributed by atoms with E-state index in [0.717, 1.165) is 18.9 Å². The molecule has 0 amide bonds. The molecule has 0 saturated heterocycles. The van der Waals surface area contributed by atoms with E-state index in [0.29, 0.717) is 24.0 Å². The predicted molar refractivity (Wildman–Crippen MR) is 88.0 cm³/mol. The Bertz CT molecular complexity index is 655. The van der Waals surface area contributed by atoms with E-state index in [-0.39, 0.29) is 4.90 Å². The van der Waals surface area contributed by atoms with Crippen molar-refractivity contribution in [1.29, 1.82) is 0 Å². The highest BCUT2D eigenvalue weighted by molar-refractivity contribution is 7.89. The van der Waals surface area contributed by atoms with Crippen LogP contribution in [-0.4, -0.2) is 36.7 Å². The van der Waals surface area contributed by atoms with E-state index in [1.807, 2.05) is 32.9 Å². The van der Waals surface area contributed by atoms with Crippen LogP contribution < -0.4 is 4.72 Å². The van der Waals surface area contributed by atoms with Gasteiger partial charge in [-0.1, -0.05) is 32.9 Å². The molecule has 130 valence electrons. The molecule has 1 atom stereocenters. The number of aliphatic hydroxyl groups is 1. The summed E-state index contributed by atoms with van der Waals surface area (Å²) in [6.45, 7) is 6.22. The minimum absolute atomic E-state index is 0.195. The smallest absolute Gasteiger partial charge is 0.336 e. The van der Waals surface area contributed by atoms with Crippen molar-refractivity contribution in [3.8, 4) is 0 Å². The van der Waals surface area contributed by atoms with Crippen molar-refractivity contribution in [2.75, 3.05) is 6.54 Å². The quantitative estimate of drug-likeness (QED) is 0.663. The van der Waals surface area contributed by atoms with Crippen molar-refractivity contribution in [1.82, 2.24) is 4.72 Å². The Morgan fingerprint density at radius 3 is 1.96 bits per heavy atom. The van der Waals surface area contributed by atoms with Crippen molar-refractivity contribution >= 4 is 16.0 Å². The molecule has 0 aliphatic heterocycles. The van der Waals surface area contributed by atoms with Gasteiger partial charge in [0.2, 0.25) is 10.0 Å². The van der Waals surface area contributed by atoms with Crippen LogP contribution in [0.2, 0.25) is 0 Å². The predicted octanol–water partition coefficient (Wildman–Crippen LogP) is 1.49. The molecule has 0 aliphatic rings. The van der Waals surface area contributed by atoms with Gasteiger partial charge in [0.25, 0.3) is 0 Å². The molecule has 23 heavy (non-hydrogen) atoms. The van der Waals surface area contributed by atoms with Crippen LogP contribution in [0.4, 0.5) is 0 Å². The lowest BCUT2D eigenvalue weighted by Crippen LogP contribution is -2.46. The average Bonchev–Trinajstić information content (AvgIpc) is 2.51. The summed E-state index contributed by atoms with van der Waals surface area (Å²) in [6, 6.07) is 3.73. The van der Waals surface area contributed by atoms with E-state index in [4.69, 9.17) is 5.11 Å². The summed E-state index contributed by atoms with van der Waals surface area (Å²) in [5.74, 6) is -1.48. The Labute approximate surface area is 137 Å². The van der Waals surface area contributed by atoms with Gasteiger partial charge in [-0.25, -0.2) is 17.9 Å². The molecule has 1 unspecified atom stereocenters. The summed E-state index contributed by atoms with van der Waals surface area (Å²) in [5, 5.41) is 18.6. The lowest BCUT2D eigenvalue weighted by Gasteiger charge is -2.21. The molecule has 1 aromatic carbocycles. The largest absolute Gasteiger partial charge is 0.479 e. The van der Waals surface area contributed by atoms with Gasteiger partial charge in [0.15, 0.2) is 5.60 Å². The number of sulfonamides is 1. The van der Waals surface area contributed by atoms with E-state index in [9.17, 15) is 18.3 Å². The second kappa shape index (κ2) is 7.42. The summed E-state index contributed by atoms with van der Waals surface area (Å²) in [4.78, 5) is 11.1. The number of carbonyl (C=O) groups is 1. The third kappa shape index (κ3) is 4.53. The molecule has 0 radical (unpaired) electrons. The van der Waals surface area contributed by atoms with Gasteiger partial charge >= 0.3 is 5.97 Å². The summed E-state index contributed by atoms with van der Waals surface area (Å²) >= 11 is 0. The van der Waals surface area contributed by atoms with E-state index in [1.165, 1.54) is 0 Å². The monoisotopic (exact) mass is 343 g/mol. The fraction of sp³-hybridized carbons (Fsp3) is 0.562. The van der Waals surface area contributed by atoms with Gasteiger partial charge in [-0.05, 0) is 42.9 Å². The van der Waals surface area contributed by atoms with Crippen LogP contribution in [-0.2, 0) is 34.1 Å². The molecule has 0 fully saturated rings. The van der Waals surface area contributed by atoms with Gasteiger partial charge in [-0.3, -0.25) is 0 Å². The second-order valence-electron chi connectivity index (χ2n) is 5.71. The van der Waals surface area contributed by atoms with Crippen molar-refractivity contribution in [3.05, 3.63) is 28.8 Å². The molecule has 6 nitrogen and oxygen atoms in total. The highest BCUT2D eigenvalue weighted by atomic mass is 32.2. The first kappa shape index (κ1) is 19.6. The molecule has 7 heteroatoms. The van der Waals surface area contributed by atoms with E-state index < -0.39 is 28.1 Å². The highest BCUT2D eigenvalue weighted by Gasteiger charge is 2.32. The number of carboxylic acids is 1. The molecule has 1 rings (SSSR count). The summed E-state index contributed by atoms with van der Waals surface area (Å²) in [7, 11) is -3.91. The van der Waals surface area contributed by atoms with Gasteiger partial charge < -0.3 is 10.2 Å². The minimum atomic E-state index is -3.91. The number of aryl methyl sites for hydroxylation is 3. The third-order valence-electron chi connectivity index (χ3n) is 3.81. The van der Waals surface area contributed by atoms with Gasteiger partial charge in [-0.2, -0.15) is 0 Å². The molecule has 0 spiro atoms. The summed E-state index contributed by atoms with van der Waals surface area (Å²) in [5.41, 5.74) is 0.303. The van der Waals surface area contributed by atoms with Crippen LogP contribution in [0.5, 0.6) is 0 Å². The fourth-order valence-corrected chi connectivity index (χ4v) is 4.00. The summed E-state index contributed by atoms with van der Waals surface area (Å²) < 4.78 is 27.5. The second-order valence-corrected chi connectivity index (χ2v) is 7.41. The molecule has 0 aliphatic carbocycles. The SMILES string of the molecule is CCc1cc(CC)c(S(=O)(=O)NCC(C)(O)C(=O)O)c(CC)c1. The number of aliphatic carboxylic acids is 1. The lowest BCUT2D eigenvalue weighted by molar-refractivity contribution is -0.155. The minimum Gasteiger partial charge on any atom is -0.479 e. The zero-order valence-electron chi connectivity index (χ0n) is 14.0. The zero-order valence-corrected chi connectivity index (χ0v) is 14.8. The number of hydrogen-bond donors (Lipinski definition) is 3. The van der Waals surface area contributed by atoms with Crippen LogP contribution in [0, 0.1) is 0 Å². The zero-order chi connectivity index (χ0) is 17.8. The normalized spacial score (nSPS) is 14.5. The Kier molecular flexibility index (Phi) is 6.33. The maximum Gasteiger partial charge on any atom is 0.336 e. The molecule has 0 bridgehead atoms. The van der Waals surface area contributed by atoms with Gasteiger partial charge in [0.1, 0.15) is 0 Å². The first-order valence-corrected chi connectivity index (χ1v) is 9.17. The fourth-order valence-electron chi connectivity index (χ4n) is 2.28. The molecule has 0 aromatic heterocycles. The van der Waals surface area contributed by atoms with Crippen molar-refractivity contribution in [2.45, 2.75) is 57.5 Å². The Morgan fingerprint density at radius 2 is 1.61 bits per heavy atom. The number of carboxylic acid groups (broad SMARTS) is 1. The van der Waals surface area contributed by atoms with E-state index in [2.05, 4.69) is 4.72 Å². The van der Waals surface area contributed by atoms with Crippen LogP contribution >= 0.6 is 0 Å². The van der Waals surface area contributed by atoms with Crippen LogP contribution in [0.15, 0.2) is 17.0 Å². The van der Waals surface area contributed by atoms with Crippen molar-refractivity contribution < 1.29 is 23.4 Å². The number of hydrogen-bond acceptors (Lipinski definition) is 4. The molecule has 3 N–H and O–H groups in total. The standard InChI is InChI=1S/C16H25NO5S/c1-5-11-8-12(6-2)14(13(7-3)9-11)23(21,22)17-10-16(4,20)15(18)19/h8-9,17,20H,5-7,10H2,1-4H3,(H,18,19).